The van der Waals surface area contributed by atoms with Gasteiger partial charge in [0, 0.05) is 6.04 Å². The standard InChI is InChI=1S/C21H37N3O3/c1-3-4-13-17(18(25)19(26)23-16-11-7-5-8-12-16)24-20(27)21(22-2)14-9-6-10-15-21/h16-17,22H,3-15H2,1-2H3,(H,23,26)(H,24,27)/t17-/m0/s1. The van der Waals surface area contributed by atoms with Crippen LogP contribution in [0, 0.1) is 0 Å². The second-order valence-corrected chi connectivity index (χ2v) is 8.23. The van der Waals surface area contributed by atoms with Crippen molar-refractivity contribution in [1.82, 2.24) is 16.0 Å². The zero-order valence-electron chi connectivity index (χ0n) is 17.1. The molecular formula is C21H37N3O3. The van der Waals surface area contributed by atoms with E-state index in [0.29, 0.717) is 6.42 Å². The fourth-order valence-corrected chi connectivity index (χ4v) is 4.38. The smallest absolute Gasteiger partial charge is 0.289 e. The van der Waals surface area contributed by atoms with Gasteiger partial charge in [-0.1, -0.05) is 58.3 Å². The lowest BCUT2D eigenvalue weighted by molar-refractivity contribution is -0.141. The molecule has 0 spiro atoms. The molecule has 0 aromatic rings. The number of hydrogen-bond acceptors (Lipinski definition) is 4. The molecule has 154 valence electrons. The van der Waals surface area contributed by atoms with Crippen molar-refractivity contribution in [2.24, 2.45) is 0 Å². The summed E-state index contributed by atoms with van der Waals surface area (Å²) in [4.78, 5) is 38.3. The van der Waals surface area contributed by atoms with Crippen molar-refractivity contribution in [2.75, 3.05) is 7.05 Å². The van der Waals surface area contributed by atoms with Gasteiger partial charge in [0.25, 0.3) is 5.91 Å². The van der Waals surface area contributed by atoms with Crippen molar-refractivity contribution in [1.29, 1.82) is 0 Å². The molecule has 0 saturated heterocycles. The second kappa shape index (κ2) is 10.8. The molecule has 2 aliphatic rings. The number of amides is 2. The molecule has 2 aliphatic carbocycles. The molecule has 0 aromatic carbocycles. The van der Waals surface area contributed by atoms with E-state index in [1.165, 1.54) is 6.42 Å². The van der Waals surface area contributed by atoms with Crippen molar-refractivity contribution in [3.63, 3.8) is 0 Å². The number of carbonyl (C=O) groups excluding carboxylic acids is 3. The van der Waals surface area contributed by atoms with Gasteiger partial charge in [-0.05, 0) is 39.2 Å². The van der Waals surface area contributed by atoms with Crippen molar-refractivity contribution in [3.05, 3.63) is 0 Å². The van der Waals surface area contributed by atoms with Crippen LogP contribution in [-0.4, -0.2) is 42.3 Å². The average molecular weight is 380 g/mol. The number of rotatable bonds is 9. The van der Waals surface area contributed by atoms with Gasteiger partial charge in [0.2, 0.25) is 11.7 Å². The lowest BCUT2D eigenvalue weighted by Crippen LogP contribution is -2.60. The molecule has 0 unspecified atom stereocenters. The summed E-state index contributed by atoms with van der Waals surface area (Å²) in [6, 6.07) is -0.632. The lowest BCUT2D eigenvalue weighted by atomic mass is 9.80. The summed E-state index contributed by atoms with van der Waals surface area (Å²) >= 11 is 0. The van der Waals surface area contributed by atoms with Gasteiger partial charge in [0.15, 0.2) is 0 Å². The molecule has 0 bridgehead atoms. The Labute approximate surface area is 163 Å². The summed E-state index contributed by atoms with van der Waals surface area (Å²) in [6.45, 7) is 2.04. The molecular weight excluding hydrogens is 342 g/mol. The Balaban J connectivity index is 2.00. The number of unbranched alkanes of at least 4 members (excludes halogenated alkanes) is 1. The van der Waals surface area contributed by atoms with E-state index in [0.717, 1.165) is 70.6 Å². The largest absolute Gasteiger partial charge is 0.347 e. The predicted molar refractivity (Wildman–Crippen MR) is 106 cm³/mol. The van der Waals surface area contributed by atoms with E-state index < -0.39 is 23.3 Å². The van der Waals surface area contributed by atoms with Crippen molar-refractivity contribution in [3.8, 4) is 0 Å². The SMILES string of the molecule is CCCC[C@H](NC(=O)C1(NC)CCCCC1)C(=O)C(=O)NC1CCCCC1. The summed E-state index contributed by atoms with van der Waals surface area (Å²) in [7, 11) is 1.81. The molecule has 2 fully saturated rings. The highest BCUT2D eigenvalue weighted by Gasteiger charge is 2.40. The first-order valence-corrected chi connectivity index (χ1v) is 10.9. The maximum Gasteiger partial charge on any atom is 0.289 e. The molecule has 6 heteroatoms. The molecule has 0 aromatic heterocycles. The van der Waals surface area contributed by atoms with Crippen LogP contribution in [0.2, 0.25) is 0 Å². The van der Waals surface area contributed by atoms with Gasteiger partial charge in [-0.3, -0.25) is 14.4 Å². The van der Waals surface area contributed by atoms with Gasteiger partial charge in [-0.15, -0.1) is 0 Å². The number of Topliss-reactive ketones (excluding diaryl/α,β-unsaturated/α-hetero) is 1. The van der Waals surface area contributed by atoms with Crippen LogP contribution < -0.4 is 16.0 Å². The van der Waals surface area contributed by atoms with E-state index in [-0.39, 0.29) is 11.9 Å². The summed E-state index contributed by atoms with van der Waals surface area (Å²) in [5.74, 6) is -1.17. The summed E-state index contributed by atoms with van der Waals surface area (Å²) in [5, 5.41) is 9.00. The number of carbonyl (C=O) groups is 3. The Kier molecular flexibility index (Phi) is 8.74. The minimum atomic E-state index is -0.729. The predicted octanol–water partition coefficient (Wildman–Crippen LogP) is 2.60. The number of likely N-dealkylation sites (N-methyl/N-ethyl adjacent to an activating group) is 1. The van der Waals surface area contributed by atoms with E-state index >= 15 is 0 Å². The number of ketones is 1. The normalized spacial score (nSPS) is 21.3. The first-order valence-electron chi connectivity index (χ1n) is 10.9. The zero-order chi connectivity index (χ0) is 19.7. The Morgan fingerprint density at radius 1 is 1.00 bits per heavy atom. The highest BCUT2D eigenvalue weighted by molar-refractivity contribution is 6.38. The maximum atomic E-state index is 13.0. The summed E-state index contributed by atoms with van der Waals surface area (Å²) in [5.41, 5.74) is -0.608. The second-order valence-electron chi connectivity index (χ2n) is 8.23. The van der Waals surface area contributed by atoms with Crippen LogP contribution in [0.4, 0.5) is 0 Å². The third-order valence-electron chi connectivity index (χ3n) is 6.25. The minimum absolute atomic E-state index is 0.0970. The minimum Gasteiger partial charge on any atom is -0.347 e. The van der Waals surface area contributed by atoms with E-state index in [4.69, 9.17) is 0 Å². The van der Waals surface area contributed by atoms with Gasteiger partial charge in [0.1, 0.15) is 0 Å². The maximum absolute atomic E-state index is 13.0. The van der Waals surface area contributed by atoms with Crippen molar-refractivity contribution >= 4 is 17.6 Å². The van der Waals surface area contributed by atoms with E-state index in [9.17, 15) is 14.4 Å². The van der Waals surface area contributed by atoms with Gasteiger partial charge < -0.3 is 16.0 Å². The van der Waals surface area contributed by atoms with Crippen LogP contribution in [0.25, 0.3) is 0 Å². The van der Waals surface area contributed by atoms with Crippen LogP contribution in [0.3, 0.4) is 0 Å². The van der Waals surface area contributed by atoms with Crippen molar-refractivity contribution in [2.45, 2.75) is 108 Å². The van der Waals surface area contributed by atoms with Crippen LogP contribution in [0.1, 0.15) is 90.4 Å². The van der Waals surface area contributed by atoms with Gasteiger partial charge in [0.05, 0.1) is 11.6 Å². The molecule has 2 rings (SSSR count). The van der Waals surface area contributed by atoms with Crippen molar-refractivity contribution < 1.29 is 14.4 Å². The average Bonchev–Trinajstić information content (AvgIpc) is 2.71. The third-order valence-corrected chi connectivity index (χ3v) is 6.25. The highest BCUT2D eigenvalue weighted by atomic mass is 16.2. The van der Waals surface area contributed by atoms with E-state index in [1.54, 1.807) is 0 Å². The number of nitrogens with one attached hydrogen (secondary N) is 3. The summed E-state index contributed by atoms with van der Waals surface area (Å²) in [6.07, 6.45) is 12.2. The molecule has 2 amide bonds. The Bertz CT molecular complexity index is 509. The fraction of sp³-hybridized carbons (Fsp3) is 0.857. The molecule has 0 radical (unpaired) electrons. The monoisotopic (exact) mass is 379 g/mol. The van der Waals surface area contributed by atoms with E-state index in [2.05, 4.69) is 16.0 Å². The summed E-state index contributed by atoms with van der Waals surface area (Å²) < 4.78 is 0. The third kappa shape index (κ3) is 6.03. The topological polar surface area (TPSA) is 87.3 Å². The lowest BCUT2D eigenvalue weighted by Gasteiger charge is -2.36. The molecule has 3 N–H and O–H groups in total. The van der Waals surface area contributed by atoms with Gasteiger partial charge >= 0.3 is 0 Å². The molecule has 0 heterocycles. The molecule has 0 aliphatic heterocycles. The molecule has 1 atom stereocenters. The quantitative estimate of drug-likeness (QED) is 0.538. The van der Waals surface area contributed by atoms with Gasteiger partial charge in [-0.25, -0.2) is 0 Å². The van der Waals surface area contributed by atoms with Crippen LogP contribution in [0.15, 0.2) is 0 Å². The number of hydrogen-bond donors (Lipinski definition) is 3. The first-order chi connectivity index (χ1) is 13.0. The molecule has 6 nitrogen and oxygen atoms in total. The van der Waals surface area contributed by atoms with Crippen LogP contribution >= 0.6 is 0 Å². The first kappa shape index (κ1) is 21.9. The fourth-order valence-electron chi connectivity index (χ4n) is 4.38. The zero-order valence-corrected chi connectivity index (χ0v) is 17.1. The highest BCUT2D eigenvalue weighted by Crippen LogP contribution is 2.28. The molecule has 2 saturated carbocycles. The van der Waals surface area contributed by atoms with Crippen LogP contribution in [-0.2, 0) is 14.4 Å². The van der Waals surface area contributed by atoms with Gasteiger partial charge in [-0.2, -0.15) is 0 Å². The Morgan fingerprint density at radius 3 is 2.22 bits per heavy atom. The Hall–Kier alpha value is -1.43. The Morgan fingerprint density at radius 2 is 1.63 bits per heavy atom. The van der Waals surface area contributed by atoms with E-state index in [1.807, 2.05) is 14.0 Å². The van der Waals surface area contributed by atoms with Crippen LogP contribution in [0.5, 0.6) is 0 Å². The molecule has 27 heavy (non-hydrogen) atoms.